The maximum Gasteiger partial charge on any atom is 0.337 e. The van der Waals surface area contributed by atoms with Gasteiger partial charge in [0.1, 0.15) is 18.1 Å². The minimum Gasteiger partial charge on any atom is -0.486 e. The molecule has 0 radical (unpaired) electrons. The van der Waals surface area contributed by atoms with E-state index in [1.165, 1.54) is 7.11 Å². The molecule has 0 bridgehead atoms. The molecule has 0 atom stereocenters. The number of nitrogens with one attached hydrogen (secondary N) is 1. The summed E-state index contributed by atoms with van der Waals surface area (Å²) in [4.78, 5) is 23.7. The van der Waals surface area contributed by atoms with Crippen molar-refractivity contribution in [3.8, 4) is 5.75 Å². The fourth-order valence-corrected chi connectivity index (χ4v) is 2.62. The number of aryl methyl sites for hydroxylation is 2. The minimum absolute atomic E-state index is 0.159. The van der Waals surface area contributed by atoms with Crippen LogP contribution < -0.4 is 10.1 Å². The van der Waals surface area contributed by atoms with Crippen molar-refractivity contribution in [3.63, 3.8) is 0 Å². The SMILES string of the molecule is COC(=O)c1ccc(OCc2ccc(C(=O)NCc3cn(C)nc3C)o2)cc1. The third-order valence-corrected chi connectivity index (χ3v) is 4.10. The molecule has 0 spiro atoms. The highest BCUT2D eigenvalue weighted by Gasteiger charge is 2.13. The second kappa shape index (κ2) is 8.43. The first-order valence-electron chi connectivity index (χ1n) is 8.63. The molecule has 8 nitrogen and oxygen atoms in total. The zero-order valence-corrected chi connectivity index (χ0v) is 15.9. The number of methoxy groups -OCH3 is 1. The maximum absolute atomic E-state index is 12.2. The molecule has 146 valence electrons. The van der Waals surface area contributed by atoms with Crippen molar-refractivity contribution in [1.29, 1.82) is 0 Å². The molecule has 0 saturated carbocycles. The molecule has 0 fully saturated rings. The van der Waals surface area contributed by atoms with Crippen LogP contribution in [0.15, 0.2) is 47.0 Å². The Balaban J connectivity index is 1.52. The fourth-order valence-electron chi connectivity index (χ4n) is 2.62. The second-order valence-electron chi connectivity index (χ2n) is 6.17. The molecule has 1 aromatic carbocycles. The van der Waals surface area contributed by atoms with E-state index in [9.17, 15) is 9.59 Å². The van der Waals surface area contributed by atoms with Crippen molar-refractivity contribution >= 4 is 11.9 Å². The van der Waals surface area contributed by atoms with Gasteiger partial charge in [-0.3, -0.25) is 9.48 Å². The average Bonchev–Trinajstić information content (AvgIpc) is 3.30. The molecule has 1 amide bonds. The zero-order chi connectivity index (χ0) is 20.1. The Labute approximate surface area is 162 Å². The number of esters is 1. The van der Waals surface area contributed by atoms with E-state index in [4.69, 9.17) is 9.15 Å². The molecule has 1 N–H and O–H groups in total. The number of aromatic nitrogens is 2. The molecule has 2 aromatic heterocycles. The van der Waals surface area contributed by atoms with E-state index < -0.39 is 5.97 Å². The Hall–Kier alpha value is -3.55. The van der Waals surface area contributed by atoms with Crippen LogP contribution in [0.25, 0.3) is 0 Å². The predicted molar refractivity (Wildman–Crippen MR) is 99.9 cm³/mol. The normalized spacial score (nSPS) is 10.5. The average molecular weight is 383 g/mol. The zero-order valence-electron chi connectivity index (χ0n) is 15.9. The number of hydrogen-bond donors (Lipinski definition) is 1. The van der Waals surface area contributed by atoms with Crippen molar-refractivity contribution in [1.82, 2.24) is 15.1 Å². The van der Waals surface area contributed by atoms with Crippen molar-refractivity contribution < 1.29 is 23.5 Å². The lowest BCUT2D eigenvalue weighted by Crippen LogP contribution is -2.22. The number of rotatable bonds is 7. The lowest BCUT2D eigenvalue weighted by Gasteiger charge is -2.05. The third kappa shape index (κ3) is 4.59. The van der Waals surface area contributed by atoms with Gasteiger partial charge in [-0.25, -0.2) is 4.79 Å². The number of carbonyl (C=O) groups excluding carboxylic acids is 2. The van der Waals surface area contributed by atoms with Crippen molar-refractivity contribution in [2.75, 3.05) is 7.11 Å². The smallest absolute Gasteiger partial charge is 0.337 e. The van der Waals surface area contributed by atoms with Gasteiger partial charge in [0, 0.05) is 25.4 Å². The van der Waals surface area contributed by atoms with E-state index in [0.717, 1.165) is 11.3 Å². The van der Waals surface area contributed by atoms with Crippen LogP contribution in [0.1, 0.15) is 37.9 Å². The summed E-state index contributed by atoms with van der Waals surface area (Å²) in [6, 6.07) is 9.85. The van der Waals surface area contributed by atoms with Gasteiger partial charge >= 0.3 is 5.97 Å². The van der Waals surface area contributed by atoms with Gasteiger partial charge < -0.3 is 19.2 Å². The molecule has 0 aliphatic rings. The van der Waals surface area contributed by atoms with Crippen molar-refractivity contribution in [2.45, 2.75) is 20.1 Å². The molecule has 8 heteroatoms. The summed E-state index contributed by atoms with van der Waals surface area (Å²) < 4.78 is 17.5. The van der Waals surface area contributed by atoms with Crippen LogP contribution in [0, 0.1) is 6.92 Å². The number of nitrogens with zero attached hydrogens (tertiary/aromatic N) is 2. The topological polar surface area (TPSA) is 95.6 Å². The summed E-state index contributed by atoms with van der Waals surface area (Å²) >= 11 is 0. The van der Waals surface area contributed by atoms with Gasteiger partial charge in [-0.05, 0) is 43.3 Å². The summed E-state index contributed by atoms with van der Waals surface area (Å²) in [5, 5.41) is 7.05. The largest absolute Gasteiger partial charge is 0.486 e. The van der Waals surface area contributed by atoms with E-state index in [-0.39, 0.29) is 18.3 Å². The first-order chi connectivity index (χ1) is 13.5. The minimum atomic E-state index is -0.408. The lowest BCUT2D eigenvalue weighted by molar-refractivity contribution is 0.0600. The van der Waals surface area contributed by atoms with E-state index >= 15 is 0 Å². The summed E-state index contributed by atoms with van der Waals surface area (Å²) in [5.41, 5.74) is 2.26. The van der Waals surface area contributed by atoms with Gasteiger partial charge in [-0.1, -0.05) is 0 Å². The first kappa shape index (κ1) is 19.2. The monoisotopic (exact) mass is 383 g/mol. The van der Waals surface area contributed by atoms with Gasteiger partial charge in [0.25, 0.3) is 5.91 Å². The molecule has 2 heterocycles. The summed E-state index contributed by atoms with van der Waals surface area (Å²) in [6.07, 6.45) is 1.86. The Kier molecular flexibility index (Phi) is 5.78. The highest BCUT2D eigenvalue weighted by Crippen LogP contribution is 2.16. The van der Waals surface area contributed by atoms with Crippen LogP contribution >= 0.6 is 0 Å². The number of hydrogen-bond acceptors (Lipinski definition) is 6. The Bertz CT molecular complexity index is 972. The fraction of sp³-hybridized carbons (Fsp3) is 0.250. The van der Waals surface area contributed by atoms with Crippen LogP contribution in [0.2, 0.25) is 0 Å². The molecule has 0 saturated heterocycles. The van der Waals surface area contributed by atoms with Crippen LogP contribution in [0.3, 0.4) is 0 Å². The molecule has 0 aliphatic carbocycles. The van der Waals surface area contributed by atoms with Crippen LogP contribution in [0.4, 0.5) is 0 Å². The highest BCUT2D eigenvalue weighted by atomic mass is 16.5. The van der Waals surface area contributed by atoms with Crippen molar-refractivity contribution in [2.24, 2.45) is 7.05 Å². The van der Waals surface area contributed by atoms with Gasteiger partial charge in [0.05, 0.1) is 18.4 Å². The van der Waals surface area contributed by atoms with Gasteiger partial charge in [0.2, 0.25) is 0 Å². The predicted octanol–water partition coefficient (Wildman–Crippen LogP) is 2.62. The van der Waals surface area contributed by atoms with E-state index in [1.807, 2.05) is 20.2 Å². The van der Waals surface area contributed by atoms with E-state index in [0.29, 0.717) is 23.6 Å². The number of carbonyl (C=O) groups is 2. The molecular formula is C20H21N3O5. The summed E-state index contributed by atoms with van der Waals surface area (Å²) in [7, 11) is 3.16. The number of furan rings is 1. The van der Waals surface area contributed by atoms with Gasteiger partial charge in [-0.15, -0.1) is 0 Å². The van der Waals surface area contributed by atoms with E-state index in [2.05, 4.69) is 15.2 Å². The third-order valence-electron chi connectivity index (χ3n) is 4.10. The summed E-state index contributed by atoms with van der Waals surface area (Å²) in [5.74, 6) is 0.578. The summed E-state index contributed by atoms with van der Waals surface area (Å²) in [6.45, 7) is 2.42. The van der Waals surface area contributed by atoms with Crippen LogP contribution in [-0.2, 0) is 24.9 Å². The Morgan fingerprint density at radius 3 is 2.57 bits per heavy atom. The quantitative estimate of drug-likeness (QED) is 0.630. The standard InChI is InChI=1S/C20H21N3O5/c1-13-15(11-23(2)22-13)10-21-19(24)18-9-8-17(28-18)12-27-16-6-4-14(5-7-16)20(25)26-3/h4-9,11H,10,12H2,1-3H3,(H,21,24). The highest BCUT2D eigenvalue weighted by molar-refractivity contribution is 5.91. The molecule has 3 aromatic rings. The Morgan fingerprint density at radius 2 is 1.93 bits per heavy atom. The number of ether oxygens (including phenoxy) is 2. The second-order valence-corrected chi connectivity index (χ2v) is 6.17. The van der Waals surface area contributed by atoms with Crippen LogP contribution in [-0.4, -0.2) is 28.8 Å². The molecule has 28 heavy (non-hydrogen) atoms. The van der Waals surface area contributed by atoms with Gasteiger partial charge in [-0.2, -0.15) is 5.10 Å². The lowest BCUT2D eigenvalue weighted by atomic mass is 10.2. The first-order valence-corrected chi connectivity index (χ1v) is 8.63. The number of benzene rings is 1. The molecule has 0 aliphatic heterocycles. The molecular weight excluding hydrogens is 362 g/mol. The molecule has 3 rings (SSSR count). The molecule has 0 unspecified atom stereocenters. The van der Waals surface area contributed by atoms with E-state index in [1.54, 1.807) is 41.1 Å². The van der Waals surface area contributed by atoms with Gasteiger partial charge in [0.15, 0.2) is 5.76 Å². The van der Waals surface area contributed by atoms with Crippen molar-refractivity contribution in [3.05, 3.63) is 70.9 Å². The van der Waals surface area contributed by atoms with Crippen LogP contribution in [0.5, 0.6) is 5.75 Å². The Morgan fingerprint density at radius 1 is 1.18 bits per heavy atom. The number of amides is 1. The maximum atomic E-state index is 12.2.